The Morgan fingerprint density at radius 3 is 3.09 bits per heavy atom. The third-order valence-electron chi connectivity index (χ3n) is 3.25. The van der Waals surface area contributed by atoms with Gasteiger partial charge in [-0.25, -0.2) is 4.98 Å². The van der Waals surface area contributed by atoms with E-state index in [0.717, 1.165) is 4.88 Å². The number of hydrogen-bond acceptors (Lipinski definition) is 6. The maximum absolute atomic E-state index is 12.4. The molecule has 2 amide bonds. The average Bonchev–Trinajstić information content (AvgIpc) is 3.26. The minimum absolute atomic E-state index is 0.205. The molecule has 6 nitrogen and oxygen atoms in total. The minimum atomic E-state index is -0.488. The molecule has 0 radical (unpaired) electrons. The number of aryl methyl sites for hydroxylation is 1. The van der Waals surface area contributed by atoms with Crippen LogP contribution in [0.4, 0.5) is 5.13 Å². The molecular weight excluding hydrogens is 334 g/mol. The first-order valence-electron chi connectivity index (χ1n) is 6.97. The fourth-order valence-electron chi connectivity index (χ4n) is 2.11. The van der Waals surface area contributed by atoms with Gasteiger partial charge in [-0.05, 0) is 25.1 Å². The van der Waals surface area contributed by atoms with E-state index in [1.165, 1.54) is 17.4 Å². The molecule has 2 aromatic rings. The zero-order chi connectivity index (χ0) is 16.2. The van der Waals surface area contributed by atoms with Crippen molar-refractivity contribution in [2.45, 2.75) is 13.0 Å². The van der Waals surface area contributed by atoms with Crippen LogP contribution in [0.3, 0.4) is 0 Å². The number of amides is 2. The van der Waals surface area contributed by atoms with Crippen molar-refractivity contribution >= 4 is 46.1 Å². The van der Waals surface area contributed by atoms with Crippen molar-refractivity contribution in [3.05, 3.63) is 41.3 Å². The molecule has 1 N–H and O–H groups in total. The van der Waals surface area contributed by atoms with Crippen LogP contribution in [0.2, 0.25) is 0 Å². The molecule has 2 aromatic heterocycles. The summed E-state index contributed by atoms with van der Waals surface area (Å²) in [5, 5.41) is 3.34. The summed E-state index contributed by atoms with van der Waals surface area (Å²) in [4.78, 5) is 31.4. The maximum atomic E-state index is 12.4. The molecule has 1 unspecified atom stereocenters. The molecule has 1 aliphatic heterocycles. The van der Waals surface area contributed by atoms with Gasteiger partial charge in [-0.3, -0.25) is 9.59 Å². The summed E-state index contributed by atoms with van der Waals surface area (Å²) in [5.74, 6) is 1.27. The summed E-state index contributed by atoms with van der Waals surface area (Å²) in [6.07, 6.45) is 6.28. The second-order valence-corrected chi connectivity index (χ2v) is 7.17. The van der Waals surface area contributed by atoms with E-state index >= 15 is 0 Å². The highest BCUT2D eigenvalue weighted by Crippen LogP contribution is 2.24. The summed E-state index contributed by atoms with van der Waals surface area (Å²) in [5.41, 5.74) is 0. The lowest BCUT2D eigenvalue weighted by Crippen LogP contribution is -2.43. The molecular formula is C15H15N3O3S2. The van der Waals surface area contributed by atoms with E-state index in [9.17, 15) is 9.59 Å². The Balaban J connectivity index is 1.64. The predicted octanol–water partition coefficient (Wildman–Crippen LogP) is 2.60. The van der Waals surface area contributed by atoms with Gasteiger partial charge in [0.2, 0.25) is 11.8 Å². The molecule has 23 heavy (non-hydrogen) atoms. The first kappa shape index (κ1) is 15.8. The number of anilines is 1. The summed E-state index contributed by atoms with van der Waals surface area (Å²) >= 11 is 2.97. The molecule has 1 aliphatic rings. The number of thioether (sulfide) groups is 1. The average molecular weight is 349 g/mol. The molecule has 0 aliphatic carbocycles. The van der Waals surface area contributed by atoms with Crippen molar-refractivity contribution in [3.8, 4) is 0 Å². The van der Waals surface area contributed by atoms with E-state index in [1.54, 1.807) is 47.3 Å². The first-order chi connectivity index (χ1) is 11.1. The Kier molecular flexibility index (Phi) is 4.82. The molecule has 1 fully saturated rings. The number of nitrogens with zero attached hydrogens (tertiary/aromatic N) is 2. The van der Waals surface area contributed by atoms with Crippen LogP contribution < -0.4 is 5.32 Å². The second kappa shape index (κ2) is 7.01. The Hall–Kier alpha value is -2.06. The summed E-state index contributed by atoms with van der Waals surface area (Å²) in [6, 6.07) is 3.03. The standard InChI is InChI=1S/C15H15N3O3S2/c1-10-7-16-15(23-10)17-14(20)12-8-22-9-18(12)13(19)5-4-11-3-2-6-21-11/h2-7,12H,8-9H2,1H3,(H,16,17,20)/b5-4+. The molecule has 1 atom stereocenters. The molecule has 0 bridgehead atoms. The Labute approximate surface area is 141 Å². The van der Waals surface area contributed by atoms with Gasteiger partial charge < -0.3 is 14.6 Å². The van der Waals surface area contributed by atoms with E-state index in [4.69, 9.17) is 4.42 Å². The molecule has 8 heteroatoms. The van der Waals surface area contributed by atoms with Crippen LogP contribution in [-0.2, 0) is 9.59 Å². The van der Waals surface area contributed by atoms with Crippen molar-refractivity contribution < 1.29 is 14.0 Å². The highest BCUT2D eigenvalue weighted by molar-refractivity contribution is 7.99. The Morgan fingerprint density at radius 2 is 2.39 bits per heavy atom. The highest BCUT2D eigenvalue weighted by atomic mass is 32.2. The number of rotatable bonds is 4. The van der Waals surface area contributed by atoms with Gasteiger partial charge in [-0.2, -0.15) is 0 Å². The van der Waals surface area contributed by atoms with Crippen molar-refractivity contribution in [2.24, 2.45) is 0 Å². The van der Waals surface area contributed by atoms with E-state index in [-0.39, 0.29) is 11.8 Å². The van der Waals surface area contributed by atoms with Gasteiger partial charge in [0.25, 0.3) is 0 Å². The normalized spacial score (nSPS) is 17.8. The van der Waals surface area contributed by atoms with Crippen LogP contribution in [-0.4, -0.2) is 39.4 Å². The van der Waals surface area contributed by atoms with Crippen LogP contribution in [0.25, 0.3) is 6.08 Å². The fraction of sp³-hybridized carbons (Fsp3) is 0.267. The van der Waals surface area contributed by atoms with Gasteiger partial charge in [0.15, 0.2) is 5.13 Å². The van der Waals surface area contributed by atoms with Gasteiger partial charge in [0.1, 0.15) is 11.8 Å². The molecule has 0 spiro atoms. The van der Waals surface area contributed by atoms with Crippen LogP contribution in [0, 0.1) is 6.92 Å². The fourth-order valence-corrected chi connectivity index (χ4v) is 3.94. The zero-order valence-electron chi connectivity index (χ0n) is 12.4. The lowest BCUT2D eigenvalue weighted by Gasteiger charge is -2.21. The quantitative estimate of drug-likeness (QED) is 0.859. The van der Waals surface area contributed by atoms with Crippen LogP contribution in [0.1, 0.15) is 10.6 Å². The lowest BCUT2D eigenvalue weighted by molar-refractivity contribution is -0.132. The predicted molar refractivity (Wildman–Crippen MR) is 91.2 cm³/mol. The number of hydrogen-bond donors (Lipinski definition) is 1. The van der Waals surface area contributed by atoms with Gasteiger partial charge in [0.05, 0.1) is 12.1 Å². The molecule has 120 valence electrons. The monoisotopic (exact) mass is 349 g/mol. The summed E-state index contributed by atoms with van der Waals surface area (Å²) < 4.78 is 5.15. The molecule has 3 rings (SSSR count). The van der Waals surface area contributed by atoms with Crippen LogP contribution >= 0.6 is 23.1 Å². The van der Waals surface area contributed by atoms with E-state index in [0.29, 0.717) is 22.5 Å². The Bertz CT molecular complexity index is 724. The largest absolute Gasteiger partial charge is 0.465 e. The summed E-state index contributed by atoms with van der Waals surface area (Å²) in [6.45, 7) is 1.92. The smallest absolute Gasteiger partial charge is 0.249 e. The SMILES string of the molecule is Cc1cnc(NC(=O)C2CSCN2C(=O)/C=C/c2ccco2)s1. The zero-order valence-corrected chi connectivity index (χ0v) is 14.0. The van der Waals surface area contributed by atoms with Crippen molar-refractivity contribution in [2.75, 3.05) is 16.9 Å². The van der Waals surface area contributed by atoms with E-state index in [1.807, 2.05) is 6.92 Å². The molecule has 0 aromatic carbocycles. The molecule has 1 saturated heterocycles. The van der Waals surface area contributed by atoms with E-state index in [2.05, 4.69) is 10.3 Å². The molecule has 0 saturated carbocycles. The molecule has 3 heterocycles. The number of carbonyl (C=O) groups excluding carboxylic acids is 2. The number of aromatic nitrogens is 1. The van der Waals surface area contributed by atoms with Gasteiger partial charge in [-0.1, -0.05) is 0 Å². The highest BCUT2D eigenvalue weighted by Gasteiger charge is 2.34. The maximum Gasteiger partial charge on any atom is 0.249 e. The number of carbonyl (C=O) groups is 2. The van der Waals surface area contributed by atoms with Crippen LogP contribution in [0.5, 0.6) is 0 Å². The minimum Gasteiger partial charge on any atom is -0.465 e. The topological polar surface area (TPSA) is 75.4 Å². The number of thiazole rings is 1. The van der Waals surface area contributed by atoms with Crippen molar-refractivity contribution in [1.82, 2.24) is 9.88 Å². The number of furan rings is 1. The first-order valence-corrected chi connectivity index (χ1v) is 8.94. The van der Waals surface area contributed by atoms with Crippen LogP contribution in [0.15, 0.2) is 35.1 Å². The van der Waals surface area contributed by atoms with E-state index < -0.39 is 6.04 Å². The third kappa shape index (κ3) is 3.83. The van der Waals surface area contributed by atoms with Crippen molar-refractivity contribution in [1.29, 1.82) is 0 Å². The lowest BCUT2D eigenvalue weighted by atomic mass is 10.2. The number of nitrogens with one attached hydrogen (secondary N) is 1. The third-order valence-corrected chi connectivity index (χ3v) is 5.09. The Morgan fingerprint density at radius 1 is 1.52 bits per heavy atom. The second-order valence-electron chi connectivity index (χ2n) is 4.94. The van der Waals surface area contributed by atoms with Gasteiger partial charge in [0, 0.05) is 22.9 Å². The summed E-state index contributed by atoms with van der Waals surface area (Å²) in [7, 11) is 0. The van der Waals surface area contributed by atoms with Crippen molar-refractivity contribution in [3.63, 3.8) is 0 Å². The van der Waals surface area contributed by atoms with Gasteiger partial charge >= 0.3 is 0 Å². The van der Waals surface area contributed by atoms with Gasteiger partial charge in [-0.15, -0.1) is 23.1 Å².